The summed E-state index contributed by atoms with van der Waals surface area (Å²) >= 11 is 0. The van der Waals surface area contributed by atoms with E-state index >= 15 is 0 Å². The van der Waals surface area contributed by atoms with E-state index in [9.17, 15) is 19.4 Å². The van der Waals surface area contributed by atoms with Crippen LogP contribution in [0.25, 0.3) is 0 Å². The van der Waals surface area contributed by atoms with Crippen molar-refractivity contribution in [3.05, 3.63) is 48.6 Å². The number of phosphoric ester groups is 1. The highest BCUT2D eigenvalue weighted by Crippen LogP contribution is 2.43. The summed E-state index contributed by atoms with van der Waals surface area (Å²) in [5, 5.41) is 18.4. The molecule has 0 saturated heterocycles. The monoisotopic (exact) mass is 925 g/mol. The van der Waals surface area contributed by atoms with Gasteiger partial charge in [0.25, 0.3) is 0 Å². The molecule has 0 saturated carbocycles. The zero-order valence-electron chi connectivity index (χ0n) is 41.5. The third kappa shape index (κ3) is 49.8. The van der Waals surface area contributed by atoms with E-state index in [4.69, 9.17) is 23.6 Å². The number of ether oxygens (including phenoxy) is 2. The van der Waals surface area contributed by atoms with Crippen LogP contribution in [0, 0.1) is 0 Å². The fraction of sp³-hybridized carbons (Fsp3) is 0.833. The van der Waals surface area contributed by atoms with Crippen LogP contribution in [0.15, 0.2) is 48.6 Å². The summed E-state index contributed by atoms with van der Waals surface area (Å²) < 4.78 is 33.6. The zero-order chi connectivity index (χ0) is 46.7. The van der Waals surface area contributed by atoms with Crippen LogP contribution in [-0.4, -0.2) is 66.3 Å². The molecular weight excluding hydrogens is 824 g/mol. The molecule has 0 aliphatic rings. The SMILES string of the molecule is CCCCCCC/C=C\C/C=C\C/C=C\CCCCCCCCCCC(=O)OC(COCCCCCCCCCCCC/C=C\CCCCCCCC)COP(=O)(O)OCC(O)CO. The second-order valence-corrected chi connectivity index (χ2v) is 19.3. The minimum absolute atomic E-state index is 0.0456. The molecule has 0 aromatic rings. The van der Waals surface area contributed by atoms with Crippen molar-refractivity contribution in [1.82, 2.24) is 0 Å². The number of unbranched alkanes of at least 4 members (excludes halogenated alkanes) is 29. The van der Waals surface area contributed by atoms with E-state index in [0.717, 1.165) is 64.2 Å². The number of aliphatic hydroxyl groups is 2. The molecule has 0 aliphatic carbocycles. The van der Waals surface area contributed by atoms with Crippen LogP contribution in [0.1, 0.15) is 245 Å². The number of aliphatic hydroxyl groups excluding tert-OH is 2. The number of rotatable bonds is 51. The van der Waals surface area contributed by atoms with Crippen LogP contribution in [0.3, 0.4) is 0 Å². The Hall–Kier alpha value is -1.58. The molecule has 3 N–H and O–H groups in total. The van der Waals surface area contributed by atoms with Crippen molar-refractivity contribution in [2.75, 3.05) is 33.0 Å². The highest BCUT2D eigenvalue weighted by molar-refractivity contribution is 7.47. The number of hydrogen-bond acceptors (Lipinski definition) is 8. The Bertz CT molecular complexity index is 1140. The molecule has 64 heavy (non-hydrogen) atoms. The molecule has 0 spiro atoms. The van der Waals surface area contributed by atoms with Crippen molar-refractivity contribution < 1.29 is 43.0 Å². The number of hydrogen-bond donors (Lipinski definition) is 3. The number of carbonyl (C=O) groups is 1. The van der Waals surface area contributed by atoms with Crippen LogP contribution in [0.2, 0.25) is 0 Å². The average molecular weight is 925 g/mol. The second kappa shape index (κ2) is 50.8. The fourth-order valence-corrected chi connectivity index (χ4v) is 8.21. The van der Waals surface area contributed by atoms with Gasteiger partial charge in [0, 0.05) is 13.0 Å². The smallest absolute Gasteiger partial charge is 0.457 e. The maximum atomic E-state index is 12.7. The van der Waals surface area contributed by atoms with E-state index in [1.165, 1.54) is 161 Å². The molecule has 0 radical (unpaired) electrons. The molecule has 0 aromatic carbocycles. The van der Waals surface area contributed by atoms with Crippen molar-refractivity contribution in [1.29, 1.82) is 0 Å². The number of esters is 1. The molecule has 0 aromatic heterocycles. The lowest BCUT2D eigenvalue weighted by Gasteiger charge is -2.20. The van der Waals surface area contributed by atoms with E-state index in [2.05, 4.69) is 62.5 Å². The van der Waals surface area contributed by atoms with Gasteiger partial charge in [-0.05, 0) is 77.0 Å². The van der Waals surface area contributed by atoms with E-state index in [1.54, 1.807) is 0 Å². The van der Waals surface area contributed by atoms with Gasteiger partial charge in [0.2, 0.25) is 0 Å². The quantitative estimate of drug-likeness (QED) is 0.0236. The average Bonchev–Trinajstić information content (AvgIpc) is 3.29. The predicted molar refractivity (Wildman–Crippen MR) is 270 cm³/mol. The highest BCUT2D eigenvalue weighted by Gasteiger charge is 2.26. The number of allylic oxidation sites excluding steroid dienone is 8. The molecule has 0 rings (SSSR count). The Morgan fingerprint density at radius 1 is 0.484 bits per heavy atom. The van der Waals surface area contributed by atoms with Crippen molar-refractivity contribution >= 4 is 13.8 Å². The van der Waals surface area contributed by atoms with Crippen LogP contribution in [0.4, 0.5) is 0 Å². The van der Waals surface area contributed by atoms with Gasteiger partial charge in [-0.15, -0.1) is 0 Å². The minimum Gasteiger partial charge on any atom is -0.457 e. The third-order valence-corrected chi connectivity index (χ3v) is 12.4. The first-order valence-electron chi connectivity index (χ1n) is 26.6. The number of carbonyl (C=O) groups excluding carboxylic acids is 1. The first kappa shape index (κ1) is 62.4. The molecule has 3 unspecified atom stereocenters. The first-order chi connectivity index (χ1) is 31.3. The van der Waals surface area contributed by atoms with Gasteiger partial charge in [0.1, 0.15) is 12.2 Å². The largest absolute Gasteiger partial charge is 0.472 e. The van der Waals surface area contributed by atoms with Gasteiger partial charge in [0.15, 0.2) is 0 Å². The van der Waals surface area contributed by atoms with Gasteiger partial charge in [-0.2, -0.15) is 0 Å². The Kier molecular flexibility index (Phi) is 49.6. The van der Waals surface area contributed by atoms with E-state index in [0.29, 0.717) is 6.61 Å². The van der Waals surface area contributed by atoms with Crippen molar-refractivity contribution in [3.8, 4) is 0 Å². The summed E-state index contributed by atoms with van der Waals surface area (Å²) in [4.78, 5) is 22.7. The van der Waals surface area contributed by atoms with Crippen LogP contribution in [0.5, 0.6) is 0 Å². The molecule has 3 atom stereocenters. The molecule has 0 amide bonds. The van der Waals surface area contributed by atoms with Gasteiger partial charge in [-0.1, -0.05) is 210 Å². The number of phosphoric acid groups is 1. The maximum Gasteiger partial charge on any atom is 0.472 e. The van der Waals surface area contributed by atoms with Gasteiger partial charge < -0.3 is 24.6 Å². The lowest BCUT2D eigenvalue weighted by molar-refractivity contribution is -0.154. The minimum atomic E-state index is -4.53. The summed E-state index contributed by atoms with van der Waals surface area (Å²) in [6, 6.07) is 0. The van der Waals surface area contributed by atoms with Gasteiger partial charge in [-0.25, -0.2) is 4.57 Å². The normalized spacial score (nSPS) is 14.1. The van der Waals surface area contributed by atoms with Crippen molar-refractivity contribution in [3.63, 3.8) is 0 Å². The maximum absolute atomic E-state index is 12.7. The molecule has 0 aliphatic heterocycles. The lowest BCUT2D eigenvalue weighted by Crippen LogP contribution is -2.29. The van der Waals surface area contributed by atoms with Crippen LogP contribution >= 0.6 is 7.82 Å². The molecular formula is C54H101O9P. The molecule has 376 valence electrons. The molecule has 0 fully saturated rings. The summed E-state index contributed by atoms with van der Waals surface area (Å²) in [6.07, 6.45) is 59.3. The molecule has 10 heteroatoms. The van der Waals surface area contributed by atoms with Crippen molar-refractivity contribution in [2.24, 2.45) is 0 Å². The fourth-order valence-electron chi connectivity index (χ4n) is 7.42. The standard InChI is InChI=1S/C54H101O9P/c1-3-5-7-9-11-13-15-17-19-21-23-25-26-27-28-30-32-34-36-38-40-42-44-46-54(57)63-53(51-62-64(58,59)61-49-52(56)48-55)50-60-47-45-43-41-39-37-35-33-31-29-24-22-20-18-16-14-12-10-8-6-4-2/h15,17-18,20-21,23,26-27,52-53,55-56H,3-14,16,19,22,24-25,28-51H2,1-2H3,(H,58,59)/b17-15-,20-18-,23-21-,27-26-. The second-order valence-electron chi connectivity index (χ2n) is 17.9. The van der Waals surface area contributed by atoms with Gasteiger partial charge in [0.05, 0.1) is 26.4 Å². The lowest BCUT2D eigenvalue weighted by atomic mass is 10.1. The van der Waals surface area contributed by atoms with Gasteiger partial charge in [-0.3, -0.25) is 13.8 Å². The van der Waals surface area contributed by atoms with Crippen LogP contribution < -0.4 is 0 Å². The topological polar surface area (TPSA) is 132 Å². The van der Waals surface area contributed by atoms with E-state index in [-0.39, 0.29) is 25.6 Å². The summed E-state index contributed by atoms with van der Waals surface area (Å²) in [6.45, 7) is 3.53. The first-order valence-corrected chi connectivity index (χ1v) is 28.1. The summed E-state index contributed by atoms with van der Waals surface area (Å²) in [5.74, 6) is -0.388. The third-order valence-electron chi connectivity index (χ3n) is 11.5. The van der Waals surface area contributed by atoms with E-state index < -0.39 is 33.2 Å². The Balaban J connectivity index is 4.08. The predicted octanol–water partition coefficient (Wildman–Crippen LogP) is 15.7. The Morgan fingerprint density at radius 2 is 0.844 bits per heavy atom. The van der Waals surface area contributed by atoms with Gasteiger partial charge >= 0.3 is 13.8 Å². The Morgan fingerprint density at radius 3 is 1.28 bits per heavy atom. The zero-order valence-corrected chi connectivity index (χ0v) is 42.4. The summed E-state index contributed by atoms with van der Waals surface area (Å²) in [5.41, 5.74) is 0. The molecule has 0 bridgehead atoms. The summed E-state index contributed by atoms with van der Waals surface area (Å²) in [7, 11) is -4.53. The molecule has 0 heterocycles. The van der Waals surface area contributed by atoms with Crippen molar-refractivity contribution in [2.45, 2.75) is 257 Å². The van der Waals surface area contributed by atoms with E-state index in [1.807, 2.05) is 0 Å². The molecule has 9 nitrogen and oxygen atoms in total. The Labute approximate surface area is 394 Å². The highest BCUT2D eigenvalue weighted by atomic mass is 31.2. The van der Waals surface area contributed by atoms with Crippen LogP contribution in [-0.2, 0) is 27.9 Å².